The first-order valence-corrected chi connectivity index (χ1v) is 15.8. The van der Waals surface area contributed by atoms with Crippen LogP contribution in [-0.2, 0) is 29.1 Å². The topological polar surface area (TPSA) is 131 Å². The summed E-state index contributed by atoms with van der Waals surface area (Å²) < 4.78 is 39.9. The minimum Gasteiger partial charge on any atom is -0.460 e. The molecule has 1 aliphatic rings. The van der Waals surface area contributed by atoms with Crippen LogP contribution in [0.3, 0.4) is 0 Å². The van der Waals surface area contributed by atoms with Crippen molar-refractivity contribution in [3.63, 3.8) is 0 Å². The molecule has 2 aromatic carbocycles. The quantitative estimate of drug-likeness (QED) is 0.249. The first-order valence-electron chi connectivity index (χ1n) is 14.0. The highest BCUT2D eigenvalue weighted by molar-refractivity contribution is 7.89. The van der Waals surface area contributed by atoms with Gasteiger partial charge in [0.25, 0.3) is 15.9 Å². The Labute approximate surface area is 264 Å². The molecule has 3 rings (SSSR count). The number of urea groups is 1. The number of rotatable bonds is 8. The zero-order chi connectivity index (χ0) is 33.4. The second-order valence-electron chi connectivity index (χ2n) is 13.0. The number of amides is 4. The molecule has 1 aliphatic heterocycles. The van der Waals surface area contributed by atoms with Crippen LogP contribution in [-0.4, -0.2) is 76.5 Å². The van der Waals surface area contributed by atoms with E-state index in [9.17, 15) is 27.6 Å². The molecule has 0 bridgehead atoms. The summed E-state index contributed by atoms with van der Waals surface area (Å²) in [6.45, 7) is 12.6. The summed E-state index contributed by atoms with van der Waals surface area (Å²) in [7, 11) is -3.38. The van der Waals surface area contributed by atoms with Crippen LogP contribution < -0.4 is 0 Å². The van der Waals surface area contributed by atoms with Gasteiger partial charge in [0.05, 0.1) is 4.90 Å². The van der Waals surface area contributed by atoms with Crippen molar-refractivity contribution in [1.82, 2.24) is 14.1 Å². The largest absolute Gasteiger partial charge is 0.460 e. The molecule has 1 heterocycles. The van der Waals surface area contributed by atoms with Gasteiger partial charge in [0.1, 0.15) is 22.9 Å². The smallest absolute Gasteiger partial charge is 0.426 e. The summed E-state index contributed by atoms with van der Waals surface area (Å²) in [6.07, 6.45) is -3.91. The molecule has 2 aromatic rings. The molecule has 1 fully saturated rings. The van der Waals surface area contributed by atoms with Crippen molar-refractivity contribution in [3.8, 4) is 11.1 Å². The molecule has 1 atom stereocenters. The number of ether oxygens (including phenoxy) is 2. The number of sulfonamides is 1. The highest BCUT2D eigenvalue weighted by Crippen LogP contribution is 2.34. The lowest BCUT2D eigenvalue weighted by molar-refractivity contribution is -0.155. The molecule has 240 valence electrons. The minimum atomic E-state index is -4.78. The Morgan fingerprint density at radius 1 is 0.886 bits per heavy atom. The number of imide groups is 1. The van der Waals surface area contributed by atoms with E-state index in [1.807, 2.05) is 0 Å². The second kappa shape index (κ2) is 12.4. The first-order chi connectivity index (χ1) is 20.1. The third-order valence-electron chi connectivity index (χ3n) is 6.83. The zero-order valence-electron chi connectivity index (χ0n) is 26.5. The number of halogens is 1. The van der Waals surface area contributed by atoms with E-state index in [2.05, 4.69) is 0 Å². The lowest BCUT2D eigenvalue weighted by atomic mass is 10.0. The van der Waals surface area contributed by atoms with E-state index in [-0.39, 0.29) is 4.90 Å². The van der Waals surface area contributed by atoms with Gasteiger partial charge in [-0.2, -0.15) is 4.31 Å². The van der Waals surface area contributed by atoms with Gasteiger partial charge in [0, 0.05) is 18.5 Å². The molecule has 1 unspecified atom stereocenters. The molecule has 11 nitrogen and oxygen atoms in total. The number of benzene rings is 2. The van der Waals surface area contributed by atoms with E-state index in [1.54, 1.807) is 77.9 Å². The van der Waals surface area contributed by atoms with Crippen molar-refractivity contribution in [2.75, 3.05) is 7.05 Å². The Bertz CT molecular complexity index is 1530. The molecule has 0 N–H and O–H groups in total. The van der Waals surface area contributed by atoms with Crippen LogP contribution in [0.1, 0.15) is 68.2 Å². The maximum Gasteiger partial charge on any atom is 0.426 e. The van der Waals surface area contributed by atoms with Crippen LogP contribution in [0.25, 0.3) is 11.1 Å². The van der Waals surface area contributed by atoms with E-state index in [0.717, 1.165) is 10.5 Å². The maximum atomic E-state index is 14.3. The Hall–Kier alpha value is -3.64. The average molecular weight is 650 g/mol. The summed E-state index contributed by atoms with van der Waals surface area (Å²) >= 11 is 5.99. The van der Waals surface area contributed by atoms with Gasteiger partial charge in [-0.1, -0.05) is 35.9 Å². The summed E-state index contributed by atoms with van der Waals surface area (Å²) in [6, 6.07) is 11.8. The number of carbonyl (C=O) groups excluding carboxylic acids is 4. The number of carbonyl (C=O) groups is 4. The van der Waals surface area contributed by atoms with E-state index < -0.39 is 69.8 Å². The average Bonchev–Trinajstić information content (AvgIpc) is 3.03. The van der Waals surface area contributed by atoms with Gasteiger partial charge in [-0.3, -0.25) is 9.59 Å². The van der Waals surface area contributed by atoms with E-state index in [1.165, 1.54) is 33.0 Å². The van der Waals surface area contributed by atoms with Crippen LogP contribution in [0.15, 0.2) is 53.4 Å². The molecule has 13 heteroatoms. The van der Waals surface area contributed by atoms with Gasteiger partial charge in [0.2, 0.25) is 0 Å². The molecule has 0 aromatic heterocycles. The van der Waals surface area contributed by atoms with Gasteiger partial charge in [-0.15, -0.1) is 0 Å². The van der Waals surface area contributed by atoms with Gasteiger partial charge < -0.3 is 14.4 Å². The van der Waals surface area contributed by atoms with Crippen molar-refractivity contribution in [2.45, 2.75) is 96.0 Å². The van der Waals surface area contributed by atoms with Crippen molar-refractivity contribution >= 4 is 45.6 Å². The molecule has 1 saturated heterocycles. The molecule has 0 spiro atoms. The number of nitrogens with zero attached hydrogens (tertiary/aromatic N) is 3. The number of likely N-dealkylation sites (N-methyl/N-ethyl adjacent to an activating group) is 1. The normalized spacial score (nSPS) is 16.1. The third kappa shape index (κ3) is 7.71. The van der Waals surface area contributed by atoms with Crippen LogP contribution in [0.2, 0.25) is 5.02 Å². The highest BCUT2D eigenvalue weighted by Gasteiger charge is 2.55. The number of hydrogen-bond acceptors (Lipinski definition) is 8. The molecular formula is C31H40ClN3O8S. The highest BCUT2D eigenvalue weighted by atomic mass is 35.5. The fraction of sp³-hybridized carbons (Fsp3) is 0.484. The monoisotopic (exact) mass is 649 g/mol. The van der Waals surface area contributed by atoms with Crippen molar-refractivity contribution in [1.29, 1.82) is 0 Å². The predicted octanol–water partition coefficient (Wildman–Crippen LogP) is 6.05. The summed E-state index contributed by atoms with van der Waals surface area (Å²) in [5.41, 5.74) is -1.90. The fourth-order valence-electron chi connectivity index (χ4n) is 4.44. The maximum absolute atomic E-state index is 14.3. The number of esters is 1. The minimum absolute atomic E-state index is 0.296. The molecular weight excluding hydrogens is 610 g/mol. The Morgan fingerprint density at radius 2 is 1.36 bits per heavy atom. The van der Waals surface area contributed by atoms with Crippen LogP contribution in [0.5, 0.6) is 0 Å². The van der Waals surface area contributed by atoms with Crippen LogP contribution in [0, 0.1) is 0 Å². The molecule has 0 saturated carbocycles. The summed E-state index contributed by atoms with van der Waals surface area (Å²) in [4.78, 5) is 55.2. The van der Waals surface area contributed by atoms with Crippen LogP contribution in [0.4, 0.5) is 9.59 Å². The van der Waals surface area contributed by atoms with E-state index in [4.69, 9.17) is 21.1 Å². The van der Waals surface area contributed by atoms with Gasteiger partial charge in [0.15, 0.2) is 0 Å². The second-order valence-corrected chi connectivity index (χ2v) is 15.2. The van der Waals surface area contributed by atoms with Gasteiger partial charge in [-0.25, -0.2) is 22.9 Å². The lowest BCUT2D eigenvalue weighted by Gasteiger charge is -2.36. The SMILES string of the molecule is CN1C(=O)N(C(CCC(=O)OC(C)(C)C)N(C(=O)OC(C)(C)C)S(=O)(=O)c2ccc(-c3ccc(Cl)cc3)cc2)C(=O)C1(C)C. The third-order valence-corrected chi connectivity index (χ3v) is 8.86. The van der Waals surface area contributed by atoms with Gasteiger partial charge in [-0.05, 0) is 97.2 Å². The molecule has 0 radical (unpaired) electrons. The molecule has 0 aliphatic carbocycles. The van der Waals surface area contributed by atoms with Gasteiger partial charge >= 0.3 is 18.1 Å². The predicted molar refractivity (Wildman–Crippen MR) is 165 cm³/mol. The lowest BCUT2D eigenvalue weighted by Crippen LogP contribution is -2.57. The Kier molecular flexibility index (Phi) is 9.82. The Morgan fingerprint density at radius 3 is 1.80 bits per heavy atom. The van der Waals surface area contributed by atoms with Crippen LogP contribution >= 0.6 is 11.6 Å². The van der Waals surface area contributed by atoms with Crippen molar-refractivity contribution in [2.24, 2.45) is 0 Å². The number of hydrogen-bond donors (Lipinski definition) is 0. The standard InChI is InChI=1S/C31H40ClN3O8S/c1-29(2,3)42-25(36)19-18-24(34-26(37)31(7,8)33(9)27(34)38)35(28(39)43-30(4,5)6)44(40,41)23-16-12-21(13-17-23)20-10-14-22(32)15-11-20/h10-17,24H,18-19H2,1-9H3. The Balaban J connectivity index is 2.16. The zero-order valence-corrected chi connectivity index (χ0v) is 28.1. The fourth-order valence-corrected chi connectivity index (χ4v) is 6.03. The van der Waals surface area contributed by atoms with E-state index in [0.29, 0.717) is 19.8 Å². The first kappa shape index (κ1) is 34.8. The van der Waals surface area contributed by atoms with Crippen molar-refractivity contribution in [3.05, 3.63) is 53.6 Å². The summed E-state index contributed by atoms with van der Waals surface area (Å²) in [5.74, 6) is -1.45. The van der Waals surface area contributed by atoms with E-state index >= 15 is 0 Å². The molecule has 4 amide bonds. The summed E-state index contributed by atoms with van der Waals surface area (Å²) in [5, 5.41) is 0.540. The molecule has 44 heavy (non-hydrogen) atoms. The van der Waals surface area contributed by atoms with Crippen molar-refractivity contribution < 1.29 is 37.1 Å².